The maximum Gasteiger partial charge on any atom is 0.407 e. The zero-order valence-corrected chi connectivity index (χ0v) is 12.8. The van der Waals surface area contributed by atoms with Crippen LogP contribution in [0.25, 0.3) is 0 Å². The van der Waals surface area contributed by atoms with Gasteiger partial charge in [-0.2, -0.15) is 0 Å². The Hall–Kier alpha value is -2.09. The van der Waals surface area contributed by atoms with Gasteiger partial charge in [0.2, 0.25) is 0 Å². The number of rotatable bonds is 3. The summed E-state index contributed by atoms with van der Waals surface area (Å²) in [7, 11) is -3.56. The number of hydrogen-bond donors (Lipinski definition) is 2. The summed E-state index contributed by atoms with van der Waals surface area (Å²) in [6.07, 6.45) is 1.09. The Morgan fingerprint density at radius 1 is 1.18 bits per heavy atom. The number of carbonyl (C=O) groups is 2. The molecule has 0 spiro atoms. The van der Waals surface area contributed by atoms with Crippen molar-refractivity contribution in [2.24, 2.45) is 0 Å². The average Bonchev–Trinajstić information content (AvgIpc) is 2.45. The van der Waals surface area contributed by atoms with Crippen molar-refractivity contribution in [2.45, 2.75) is 23.7 Å². The third-order valence-electron chi connectivity index (χ3n) is 3.87. The third-order valence-corrected chi connectivity index (χ3v) is 5.02. The van der Waals surface area contributed by atoms with E-state index in [0.29, 0.717) is 31.5 Å². The molecule has 8 heteroatoms. The lowest BCUT2D eigenvalue weighted by molar-refractivity contribution is 0.0696. The van der Waals surface area contributed by atoms with Gasteiger partial charge in [-0.05, 0) is 36.5 Å². The number of carboxylic acid groups (broad SMARTS) is 2. The highest BCUT2D eigenvalue weighted by Crippen LogP contribution is 2.33. The molecule has 0 radical (unpaired) electrons. The second-order valence-corrected chi connectivity index (χ2v) is 7.36. The monoisotopic (exact) mass is 327 g/mol. The molecule has 0 atom stereocenters. The highest BCUT2D eigenvalue weighted by atomic mass is 32.2. The normalized spacial score (nSPS) is 16.5. The first-order valence-corrected chi connectivity index (χ1v) is 8.64. The predicted molar refractivity (Wildman–Crippen MR) is 78.1 cm³/mol. The first-order chi connectivity index (χ1) is 10.2. The number of sulfone groups is 1. The SMILES string of the molecule is CS(=O)(=O)c1cc(C(=O)O)ccc1C1CCN(C(=O)O)CC1. The number of piperidine rings is 1. The molecule has 0 aromatic heterocycles. The van der Waals surface area contributed by atoms with E-state index in [1.165, 1.54) is 23.1 Å². The zero-order valence-electron chi connectivity index (χ0n) is 12.0. The number of hydrogen-bond acceptors (Lipinski definition) is 4. The van der Waals surface area contributed by atoms with Crippen LogP contribution in [-0.2, 0) is 9.84 Å². The Kier molecular flexibility index (Phi) is 4.41. The van der Waals surface area contributed by atoms with Crippen LogP contribution in [-0.4, -0.2) is 54.9 Å². The van der Waals surface area contributed by atoms with Gasteiger partial charge in [-0.25, -0.2) is 18.0 Å². The summed E-state index contributed by atoms with van der Waals surface area (Å²) in [6.45, 7) is 0.674. The Morgan fingerprint density at radius 3 is 2.23 bits per heavy atom. The molecular weight excluding hydrogens is 310 g/mol. The van der Waals surface area contributed by atoms with Crippen molar-refractivity contribution in [1.29, 1.82) is 0 Å². The van der Waals surface area contributed by atoms with E-state index in [0.717, 1.165) is 6.26 Å². The fraction of sp³-hybridized carbons (Fsp3) is 0.429. The van der Waals surface area contributed by atoms with Crippen LogP contribution in [0.4, 0.5) is 4.79 Å². The summed E-state index contributed by atoms with van der Waals surface area (Å²) in [4.78, 5) is 23.2. The molecule has 1 fully saturated rings. The molecule has 1 heterocycles. The van der Waals surface area contributed by atoms with Crippen LogP contribution in [0.15, 0.2) is 23.1 Å². The molecule has 1 aliphatic rings. The summed E-state index contributed by atoms with van der Waals surface area (Å²) < 4.78 is 23.9. The molecule has 2 rings (SSSR count). The van der Waals surface area contributed by atoms with Crippen molar-refractivity contribution in [3.8, 4) is 0 Å². The highest BCUT2D eigenvalue weighted by molar-refractivity contribution is 7.90. The Bertz CT molecular complexity index is 704. The lowest BCUT2D eigenvalue weighted by Crippen LogP contribution is -2.37. The second-order valence-electron chi connectivity index (χ2n) is 5.37. The van der Waals surface area contributed by atoms with Crippen LogP contribution in [0.1, 0.15) is 34.7 Å². The smallest absolute Gasteiger partial charge is 0.407 e. The lowest BCUT2D eigenvalue weighted by atomic mass is 9.89. The minimum atomic E-state index is -3.56. The summed E-state index contributed by atoms with van der Waals surface area (Å²) in [6, 6.07) is 4.09. The van der Waals surface area contributed by atoms with Gasteiger partial charge in [-0.3, -0.25) is 0 Å². The number of likely N-dealkylation sites (tertiary alicyclic amines) is 1. The van der Waals surface area contributed by atoms with Gasteiger partial charge in [0, 0.05) is 19.3 Å². The van der Waals surface area contributed by atoms with Crippen LogP contribution < -0.4 is 0 Å². The molecule has 1 aromatic rings. The van der Waals surface area contributed by atoms with E-state index in [9.17, 15) is 18.0 Å². The summed E-state index contributed by atoms with van der Waals surface area (Å²) in [5, 5.41) is 17.9. The Morgan fingerprint density at radius 2 is 1.77 bits per heavy atom. The second kappa shape index (κ2) is 5.96. The fourth-order valence-electron chi connectivity index (χ4n) is 2.71. The molecule has 1 aromatic carbocycles. The molecule has 0 aliphatic carbocycles. The molecule has 120 valence electrons. The minimum absolute atomic E-state index is 0.0150. The first kappa shape index (κ1) is 16.3. The van der Waals surface area contributed by atoms with E-state index in [1.54, 1.807) is 0 Å². The average molecular weight is 327 g/mol. The van der Waals surface area contributed by atoms with Gasteiger partial charge in [-0.1, -0.05) is 6.07 Å². The third kappa shape index (κ3) is 3.38. The Balaban J connectivity index is 2.36. The lowest BCUT2D eigenvalue weighted by Gasteiger charge is -2.31. The van der Waals surface area contributed by atoms with E-state index >= 15 is 0 Å². The molecule has 2 N–H and O–H groups in total. The molecule has 0 unspecified atom stereocenters. The molecular formula is C14H17NO6S. The molecule has 0 saturated carbocycles. The van der Waals surface area contributed by atoms with Gasteiger partial charge in [0.25, 0.3) is 0 Å². The largest absolute Gasteiger partial charge is 0.478 e. The van der Waals surface area contributed by atoms with Gasteiger partial charge in [0.05, 0.1) is 10.5 Å². The van der Waals surface area contributed by atoms with Crippen molar-refractivity contribution in [3.63, 3.8) is 0 Å². The van der Waals surface area contributed by atoms with Gasteiger partial charge in [0.15, 0.2) is 9.84 Å². The molecule has 1 aliphatic heterocycles. The van der Waals surface area contributed by atoms with Gasteiger partial charge < -0.3 is 15.1 Å². The molecule has 0 bridgehead atoms. The summed E-state index contributed by atoms with van der Waals surface area (Å²) in [5.41, 5.74) is 0.490. The topological polar surface area (TPSA) is 112 Å². The van der Waals surface area contributed by atoms with Gasteiger partial charge in [-0.15, -0.1) is 0 Å². The maximum absolute atomic E-state index is 11.9. The van der Waals surface area contributed by atoms with Crippen molar-refractivity contribution in [1.82, 2.24) is 4.90 Å². The van der Waals surface area contributed by atoms with Gasteiger partial charge in [0.1, 0.15) is 0 Å². The number of amides is 1. The minimum Gasteiger partial charge on any atom is -0.478 e. The summed E-state index contributed by atoms with van der Waals surface area (Å²) in [5.74, 6) is -1.28. The number of nitrogens with zero attached hydrogens (tertiary/aromatic N) is 1. The Labute approximate surface area is 128 Å². The zero-order chi connectivity index (χ0) is 16.5. The van der Waals surface area contributed by atoms with E-state index < -0.39 is 21.9 Å². The predicted octanol–water partition coefficient (Wildman–Crippen LogP) is 1.65. The van der Waals surface area contributed by atoms with Gasteiger partial charge >= 0.3 is 12.1 Å². The standard InChI is InChI=1S/C14H17NO6S/c1-22(20,21)12-8-10(13(16)17)2-3-11(12)9-4-6-15(7-5-9)14(18)19/h2-3,8-9H,4-7H2,1H3,(H,16,17)(H,18,19). The molecule has 7 nitrogen and oxygen atoms in total. The molecule has 1 amide bonds. The van der Waals surface area contributed by atoms with Crippen LogP contribution in [0.2, 0.25) is 0 Å². The van der Waals surface area contributed by atoms with Crippen molar-refractivity contribution in [2.75, 3.05) is 19.3 Å². The van der Waals surface area contributed by atoms with Crippen LogP contribution >= 0.6 is 0 Å². The fourth-order valence-corrected chi connectivity index (χ4v) is 3.71. The van der Waals surface area contributed by atoms with Crippen LogP contribution in [0.3, 0.4) is 0 Å². The molecule has 1 saturated heterocycles. The maximum atomic E-state index is 11.9. The van der Waals surface area contributed by atoms with Crippen molar-refractivity contribution < 1.29 is 28.2 Å². The van der Waals surface area contributed by atoms with E-state index in [-0.39, 0.29) is 16.4 Å². The first-order valence-electron chi connectivity index (χ1n) is 6.75. The van der Waals surface area contributed by atoms with Crippen LogP contribution in [0.5, 0.6) is 0 Å². The van der Waals surface area contributed by atoms with Crippen molar-refractivity contribution in [3.05, 3.63) is 29.3 Å². The number of carboxylic acids is 1. The highest BCUT2D eigenvalue weighted by Gasteiger charge is 2.27. The summed E-state index contributed by atoms with van der Waals surface area (Å²) >= 11 is 0. The quantitative estimate of drug-likeness (QED) is 0.873. The van der Waals surface area contributed by atoms with Crippen LogP contribution in [0, 0.1) is 0 Å². The van der Waals surface area contributed by atoms with E-state index in [4.69, 9.17) is 10.2 Å². The van der Waals surface area contributed by atoms with E-state index in [2.05, 4.69) is 0 Å². The van der Waals surface area contributed by atoms with E-state index in [1.807, 2.05) is 0 Å². The molecule has 22 heavy (non-hydrogen) atoms. The van der Waals surface area contributed by atoms with Crippen molar-refractivity contribution >= 4 is 21.9 Å². The number of aromatic carboxylic acids is 1. The number of benzene rings is 1.